The molecule has 18 heavy (non-hydrogen) atoms. The number of hydrogen-bond acceptors (Lipinski definition) is 4. The van der Waals surface area contributed by atoms with Crippen molar-refractivity contribution in [2.75, 3.05) is 26.7 Å². The van der Waals surface area contributed by atoms with Crippen molar-refractivity contribution in [2.24, 2.45) is 0 Å². The number of aromatic nitrogens is 1. The second kappa shape index (κ2) is 7.48. The number of aryl methyl sites for hydroxylation is 1. The normalized spacial score (nSPS) is 10.9. The highest BCUT2D eigenvalue weighted by Crippen LogP contribution is 2.11. The lowest BCUT2D eigenvalue weighted by molar-refractivity contribution is -0.131. The van der Waals surface area contributed by atoms with Gasteiger partial charge in [0.15, 0.2) is 0 Å². The molecule has 0 aliphatic carbocycles. The van der Waals surface area contributed by atoms with E-state index in [-0.39, 0.29) is 5.91 Å². The summed E-state index contributed by atoms with van der Waals surface area (Å²) < 4.78 is 0. The summed E-state index contributed by atoms with van der Waals surface area (Å²) in [6.07, 6.45) is 0.979. The summed E-state index contributed by atoms with van der Waals surface area (Å²) >= 11 is 1.69. The maximum atomic E-state index is 11.9. The summed E-state index contributed by atoms with van der Waals surface area (Å²) in [6, 6.07) is 0. The Morgan fingerprint density at radius 3 is 2.50 bits per heavy atom. The Hall–Kier alpha value is -0.940. The molecule has 0 saturated heterocycles. The smallest absolute Gasteiger partial charge is 0.236 e. The summed E-state index contributed by atoms with van der Waals surface area (Å²) in [5, 5.41) is 3.24. The molecular formula is C13H23N3OS. The van der Waals surface area contributed by atoms with Gasteiger partial charge >= 0.3 is 0 Å². The third kappa shape index (κ3) is 4.38. The summed E-state index contributed by atoms with van der Waals surface area (Å²) in [5.41, 5.74) is 1.06. The Morgan fingerprint density at radius 1 is 1.33 bits per heavy atom. The minimum absolute atomic E-state index is 0.188. The quantitative estimate of drug-likeness (QED) is 0.759. The van der Waals surface area contributed by atoms with Gasteiger partial charge in [0.05, 0.1) is 17.2 Å². The van der Waals surface area contributed by atoms with Gasteiger partial charge in [-0.1, -0.05) is 6.92 Å². The van der Waals surface area contributed by atoms with E-state index in [2.05, 4.69) is 17.3 Å². The van der Waals surface area contributed by atoms with Gasteiger partial charge in [-0.15, -0.1) is 11.3 Å². The summed E-state index contributed by atoms with van der Waals surface area (Å²) in [4.78, 5) is 20.3. The highest BCUT2D eigenvalue weighted by atomic mass is 32.1. The van der Waals surface area contributed by atoms with Crippen LogP contribution in [-0.2, 0) is 17.8 Å². The van der Waals surface area contributed by atoms with Crippen LogP contribution in [0.2, 0.25) is 0 Å². The van der Waals surface area contributed by atoms with Crippen molar-refractivity contribution in [3.05, 3.63) is 16.1 Å². The first-order chi connectivity index (χ1) is 8.60. The van der Waals surface area contributed by atoms with Crippen LogP contribution in [0.4, 0.5) is 0 Å². The van der Waals surface area contributed by atoms with Crippen LogP contribution in [-0.4, -0.2) is 47.4 Å². The van der Waals surface area contributed by atoms with Crippen LogP contribution >= 0.6 is 11.3 Å². The molecule has 0 unspecified atom stereocenters. The first kappa shape index (κ1) is 15.1. The Kier molecular flexibility index (Phi) is 6.29. The lowest BCUT2D eigenvalue weighted by Gasteiger charge is -2.22. The summed E-state index contributed by atoms with van der Waals surface area (Å²) in [5.74, 6) is 0.188. The van der Waals surface area contributed by atoms with E-state index < -0.39 is 0 Å². The molecule has 5 heteroatoms. The fraction of sp³-hybridized carbons (Fsp3) is 0.692. The first-order valence-corrected chi connectivity index (χ1v) is 7.38. The lowest BCUT2D eigenvalue weighted by Crippen LogP contribution is -2.38. The number of amides is 1. The van der Waals surface area contributed by atoms with Gasteiger partial charge in [0.25, 0.3) is 0 Å². The molecule has 0 aromatic carbocycles. The van der Waals surface area contributed by atoms with Crippen molar-refractivity contribution in [1.29, 1.82) is 0 Å². The van der Waals surface area contributed by atoms with E-state index in [1.54, 1.807) is 11.3 Å². The number of likely N-dealkylation sites (N-methyl/N-ethyl adjacent to an activating group) is 2. The van der Waals surface area contributed by atoms with Crippen molar-refractivity contribution >= 4 is 17.2 Å². The van der Waals surface area contributed by atoms with E-state index in [0.29, 0.717) is 6.54 Å². The minimum Gasteiger partial charge on any atom is -0.342 e. The number of carbonyl (C=O) groups is 1. The summed E-state index contributed by atoms with van der Waals surface area (Å²) in [7, 11) is 1.96. The molecule has 1 aromatic rings. The molecule has 1 amide bonds. The van der Waals surface area contributed by atoms with Crippen LogP contribution in [0.5, 0.6) is 0 Å². The number of rotatable bonds is 7. The second-order valence-corrected chi connectivity index (χ2v) is 5.27. The first-order valence-electron chi connectivity index (χ1n) is 6.50. The predicted molar refractivity (Wildman–Crippen MR) is 75.8 cm³/mol. The highest BCUT2D eigenvalue weighted by Gasteiger charge is 2.13. The standard InChI is InChI=1S/C13H23N3OS/c1-5-12-14-11(10-18-12)8-15(4)9-13(17)16(6-2)7-3/h10H,5-9H2,1-4H3. The maximum Gasteiger partial charge on any atom is 0.236 e. The Morgan fingerprint density at radius 2 is 2.00 bits per heavy atom. The minimum atomic E-state index is 0.188. The molecule has 0 atom stereocenters. The number of thiazole rings is 1. The van der Waals surface area contributed by atoms with Crippen molar-refractivity contribution in [3.8, 4) is 0 Å². The molecule has 102 valence electrons. The predicted octanol–water partition coefficient (Wildman–Crippen LogP) is 2.01. The molecule has 0 spiro atoms. The topological polar surface area (TPSA) is 36.4 Å². The molecule has 4 nitrogen and oxygen atoms in total. The average molecular weight is 269 g/mol. The van der Waals surface area contributed by atoms with E-state index in [4.69, 9.17) is 0 Å². The highest BCUT2D eigenvalue weighted by molar-refractivity contribution is 7.09. The lowest BCUT2D eigenvalue weighted by atomic mass is 10.4. The zero-order valence-corrected chi connectivity index (χ0v) is 12.6. The third-order valence-corrected chi connectivity index (χ3v) is 3.90. The number of carbonyl (C=O) groups excluding carboxylic acids is 1. The van der Waals surface area contributed by atoms with Crippen LogP contribution in [0, 0.1) is 0 Å². The van der Waals surface area contributed by atoms with Crippen LogP contribution in [0.15, 0.2) is 5.38 Å². The van der Waals surface area contributed by atoms with E-state index in [1.807, 2.05) is 30.7 Å². The van der Waals surface area contributed by atoms with E-state index in [1.165, 1.54) is 0 Å². The van der Waals surface area contributed by atoms with Gasteiger partial charge in [0.2, 0.25) is 5.91 Å². The van der Waals surface area contributed by atoms with Gasteiger partial charge in [0.1, 0.15) is 0 Å². The summed E-state index contributed by atoms with van der Waals surface area (Å²) in [6.45, 7) is 8.88. The van der Waals surface area contributed by atoms with Gasteiger partial charge in [-0.05, 0) is 27.3 Å². The molecule has 0 saturated carbocycles. The van der Waals surface area contributed by atoms with E-state index in [9.17, 15) is 4.79 Å². The SMILES string of the molecule is CCc1nc(CN(C)CC(=O)N(CC)CC)cs1. The van der Waals surface area contributed by atoms with Gasteiger partial charge in [-0.25, -0.2) is 4.98 Å². The van der Waals surface area contributed by atoms with Gasteiger partial charge in [0, 0.05) is 25.0 Å². The van der Waals surface area contributed by atoms with Gasteiger partial charge in [-0.3, -0.25) is 9.69 Å². The van der Waals surface area contributed by atoms with Gasteiger partial charge < -0.3 is 4.90 Å². The van der Waals surface area contributed by atoms with Crippen molar-refractivity contribution in [3.63, 3.8) is 0 Å². The molecular weight excluding hydrogens is 246 g/mol. The maximum absolute atomic E-state index is 11.9. The van der Waals surface area contributed by atoms with E-state index in [0.717, 1.165) is 36.8 Å². The molecule has 0 bridgehead atoms. The molecule has 1 aromatic heterocycles. The fourth-order valence-corrected chi connectivity index (χ4v) is 2.56. The van der Waals surface area contributed by atoms with Crippen molar-refractivity contribution in [2.45, 2.75) is 33.7 Å². The number of nitrogens with zero attached hydrogens (tertiary/aromatic N) is 3. The van der Waals surface area contributed by atoms with Crippen LogP contribution in [0.25, 0.3) is 0 Å². The Balaban J connectivity index is 2.45. The molecule has 1 rings (SSSR count). The molecule has 0 fully saturated rings. The van der Waals surface area contributed by atoms with Crippen LogP contribution < -0.4 is 0 Å². The molecule has 1 heterocycles. The monoisotopic (exact) mass is 269 g/mol. The Bertz CT molecular complexity index is 374. The van der Waals surface area contributed by atoms with Crippen molar-refractivity contribution in [1.82, 2.24) is 14.8 Å². The van der Waals surface area contributed by atoms with Crippen LogP contribution in [0.1, 0.15) is 31.5 Å². The van der Waals surface area contributed by atoms with Crippen LogP contribution in [0.3, 0.4) is 0 Å². The zero-order chi connectivity index (χ0) is 13.5. The molecule has 0 radical (unpaired) electrons. The largest absolute Gasteiger partial charge is 0.342 e. The number of hydrogen-bond donors (Lipinski definition) is 0. The second-order valence-electron chi connectivity index (χ2n) is 4.32. The fourth-order valence-electron chi connectivity index (χ4n) is 1.82. The third-order valence-electron chi connectivity index (χ3n) is 2.86. The molecule has 0 aliphatic heterocycles. The molecule has 0 aliphatic rings. The molecule has 0 N–H and O–H groups in total. The van der Waals surface area contributed by atoms with E-state index >= 15 is 0 Å². The Labute approximate surface area is 114 Å². The zero-order valence-electron chi connectivity index (χ0n) is 11.8. The van der Waals surface area contributed by atoms with Crippen molar-refractivity contribution < 1.29 is 4.79 Å². The van der Waals surface area contributed by atoms with Gasteiger partial charge in [-0.2, -0.15) is 0 Å². The average Bonchev–Trinajstić information content (AvgIpc) is 2.78.